The van der Waals surface area contributed by atoms with E-state index in [1.54, 1.807) is 6.92 Å². The van der Waals surface area contributed by atoms with Crippen LogP contribution in [0.4, 0.5) is 0 Å². The molecule has 1 rings (SSSR count). The predicted octanol–water partition coefficient (Wildman–Crippen LogP) is -0.408. The Hall–Kier alpha value is -1.95. The van der Waals surface area contributed by atoms with Gasteiger partial charge in [-0.15, -0.1) is 0 Å². The summed E-state index contributed by atoms with van der Waals surface area (Å²) in [5.41, 5.74) is 3.36. The second-order valence-corrected chi connectivity index (χ2v) is 4.26. The number of aliphatic carboxylic acids is 2. The SMILES string of the molecule is CCOC1C(=C=O)C=C(C(=O)O)C(C)C1(N)C(=O)O. The molecule has 0 amide bonds. The zero-order valence-electron chi connectivity index (χ0n) is 10.5. The van der Waals surface area contributed by atoms with Crippen molar-refractivity contribution in [2.45, 2.75) is 25.5 Å². The van der Waals surface area contributed by atoms with Gasteiger partial charge in [0.2, 0.25) is 0 Å². The summed E-state index contributed by atoms with van der Waals surface area (Å²) in [6.07, 6.45) is -0.153. The first kappa shape index (κ1) is 15.1. The lowest BCUT2D eigenvalue weighted by atomic mass is 9.70. The summed E-state index contributed by atoms with van der Waals surface area (Å²) in [6, 6.07) is 0. The average molecular weight is 269 g/mol. The third kappa shape index (κ3) is 2.31. The highest BCUT2D eigenvalue weighted by Crippen LogP contribution is 2.36. The zero-order valence-corrected chi connectivity index (χ0v) is 10.5. The molecule has 19 heavy (non-hydrogen) atoms. The molecule has 0 saturated carbocycles. The molecule has 104 valence electrons. The van der Waals surface area contributed by atoms with Gasteiger partial charge in [0.15, 0.2) is 5.54 Å². The second-order valence-electron chi connectivity index (χ2n) is 4.26. The molecule has 0 spiro atoms. The minimum atomic E-state index is -2.02. The van der Waals surface area contributed by atoms with Gasteiger partial charge in [0.05, 0.1) is 5.57 Å². The third-order valence-electron chi connectivity index (χ3n) is 3.28. The Morgan fingerprint density at radius 2 is 2.11 bits per heavy atom. The van der Waals surface area contributed by atoms with Gasteiger partial charge in [-0.25, -0.2) is 9.59 Å². The molecule has 0 aromatic rings. The number of hydrogen-bond donors (Lipinski definition) is 3. The lowest BCUT2D eigenvalue weighted by molar-refractivity contribution is -0.151. The molecule has 0 fully saturated rings. The maximum atomic E-state index is 11.4. The van der Waals surface area contributed by atoms with E-state index in [1.807, 2.05) is 0 Å². The molecule has 0 bridgehead atoms. The molecule has 4 N–H and O–H groups in total. The van der Waals surface area contributed by atoms with Gasteiger partial charge >= 0.3 is 11.9 Å². The van der Waals surface area contributed by atoms with Crippen LogP contribution in [-0.4, -0.2) is 46.3 Å². The molecule has 7 nitrogen and oxygen atoms in total. The fourth-order valence-electron chi connectivity index (χ4n) is 2.13. The minimum Gasteiger partial charge on any atom is -0.480 e. The molecule has 0 radical (unpaired) electrons. The van der Waals surface area contributed by atoms with Crippen LogP contribution in [0, 0.1) is 5.92 Å². The molecule has 1 aliphatic carbocycles. The van der Waals surface area contributed by atoms with E-state index >= 15 is 0 Å². The van der Waals surface area contributed by atoms with Gasteiger partial charge in [0, 0.05) is 18.1 Å². The Morgan fingerprint density at radius 3 is 2.47 bits per heavy atom. The number of ether oxygens (including phenoxy) is 1. The van der Waals surface area contributed by atoms with Crippen LogP contribution in [0.3, 0.4) is 0 Å². The summed E-state index contributed by atoms with van der Waals surface area (Å²) in [4.78, 5) is 33.4. The fraction of sp³-hybridized carbons (Fsp3) is 0.500. The number of carboxylic acids is 2. The number of carboxylic acid groups (broad SMARTS) is 2. The number of nitrogens with two attached hydrogens (primary N) is 1. The summed E-state index contributed by atoms with van der Waals surface area (Å²) in [5, 5.41) is 18.4. The molecule has 1 aliphatic rings. The lowest BCUT2D eigenvalue weighted by Gasteiger charge is -2.41. The Morgan fingerprint density at radius 1 is 1.53 bits per heavy atom. The summed E-state index contributed by atoms with van der Waals surface area (Å²) < 4.78 is 5.22. The molecule has 0 aromatic heterocycles. The van der Waals surface area contributed by atoms with Crippen LogP contribution in [0.25, 0.3) is 0 Å². The highest BCUT2D eigenvalue weighted by atomic mass is 16.5. The van der Waals surface area contributed by atoms with Crippen molar-refractivity contribution >= 4 is 17.9 Å². The Bertz CT molecular complexity index is 490. The van der Waals surface area contributed by atoms with Crippen molar-refractivity contribution < 1.29 is 29.3 Å². The van der Waals surface area contributed by atoms with Crippen LogP contribution in [0.2, 0.25) is 0 Å². The fourth-order valence-corrected chi connectivity index (χ4v) is 2.13. The van der Waals surface area contributed by atoms with Crippen LogP contribution in [0.15, 0.2) is 17.2 Å². The normalized spacial score (nSPS) is 30.5. The van der Waals surface area contributed by atoms with Crippen molar-refractivity contribution in [2.75, 3.05) is 6.61 Å². The van der Waals surface area contributed by atoms with E-state index in [9.17, 15) is 19.5 Å². The van der Waals surface area contributed by atoms with Gasteiger partial charge in [0.1, 0.15) is 12.0 Å². The topological polar surface area (TPSA) is 127 Å². The van der Waals surface area contributed by atoms with E-state index in [0.29, 0.717) is 0 Å². The number of carbonyl (C=O) groups excluding carboxylic acids is 1. The Kier molecular flexibility index (Phi) is 4.26. The molecular weight excluding hydrogens is 254 g/mol. The zero-order chi connectivity index (χ0) is 14.8. The van der Waals surface area contributed by atoms with Crippen molar-refractivity contribution in [1.29, 1.82) is 0 Å². The van der Waals surface area contributed by atoms with Gasteiger partial charge in [-0.2, -0.15) is 0 Å². The number of rotatable bonds is 4. The van der Waals surface area contributed by atoms with E-state index < -0.39 is 29.5 Å². The highest BCUT2D eigenvalue weighted by Gasteiger charge is 2.54. The van der Waals surface area contributed by atoms with E-state index in [4.69, 9.17) is 15.6 Å². The molecule has 3 unspecified atom stereocenters. The quantitative estimate of drug-likeness (QED) is 0.592. The molecule has 3 atom stereocenters. The van der Waals surface area contributed by atoms with Crippen LogP contribution in [0.5, 0.6) is 0 Å². The molecule has 0 saturated heterocycles. The van der Waals surface area contributed by atoms with Gasteiger partial charge in [-0.05, 0) is 13.0 Å². The first-order chi connectivity index (χ1) is 8.80. The van der Waals surface area contributed by atoms with Gasteiger partial charge in [-0.3, -0.25) is 4.79 Å². The van der Waals surface area contributed by atoms with Crippen molar-refractivity contribution in [3.63, 3.8) is 0 Å². The molecule has 0 aromatic carbocycles. The van der Waals surface area contributed by atoms with Gasteiger partial charge in [-0.1, -0.05) is 6.92 Å². The average Bonchev–Trinajstić information content (AvgIpc) is 2.34. The third-order valence-corrected chi connectivity index (χ3v) is 3.28. The first-order valence-electron chi connectivity index (χ1n) is 5.64. The highest BCUT2D eigenvalue weighted by molar-refractivity contribution is 5.94. The summed E-state index contributed by atoms with van der Waals surface area (Å²) >= 11 is 0. The monoisotopic (exact) mass is 269 g/mol. The number of carbonyl (C=O) groups is 2. The van der Waals surface area contributed by atoms with E-state index in [2.05, 4.69) is 0 Å². The van der Waals surface area contributed by atoms with Crippen LogP contribution in [-0.2, 0) is 19.1 Å². The molecular formula is C12H15NO6. The number of hydrogen-bond acceptors (Lipinski definition) is 5. The maximum absolute atomic E-state index is 11.4. The van der Waals surface area contributed by atoms with E-state index in [1.165, 1.54) is 12.9 Å². The van der Waals surface area contributed by atoms with Crippen molar-refractivity contribution in [3.05, 3.63) is 17.2 Å². The summed E-state index contributed by atoms with van der Waals surface area (Å²) in [7, 11) is 0. The maximum Gasteiger partial charge on any atom is 0.331 e. The molecule has 0 aliphatic heterocycles. The largest absolute Gasteiger partial charge is 0.480 e. The van der Waals surface area contributed by atoms with Crippen LogP contribution in [0.1, 0.15) is 13.8 Å². The van der Waals surface area contributed by atoms with Crippen LogP contribution < -0.4 is 5.73 Å². The minimum absolute atomic E-state index is 0.130. The smallest absolute Gasteiger partial charge is 0.331 e. The Labute approximate surface area is 109 Å². The molecule has 0 heterocycles. The van der Waals surface area contributed by atoms with Crippen LogP contribution >= 0.6 is 0 Å². The van der Waals surface area contributed by atoms with Crippen molar-refractivity contribution in [1.82, 2.24) is 0 Å². The van der Waals surface area contributed by atoms with Gasteiger partial charge < -0.3 is 20.7 Å². The van der Waals surface area contributed by atoms with Gasteiger partial charge in [0.25, 0.3) is 0 Å². The predicted molar refractivity (Wildman–Crippen MR) is 64.1 cm³/mol. The standard InChI is InChI=1S/C12H15NO6/c1-3-19-9-7(5-14)4-8(10(15)16)6(2)12(9,13)11(17)18/h4,6,9H,3,13H2,1-2H3,(H,15,16)(H,17,18). The van der Waals surface area contributed by atoms with E-state index in [-0.39, 0.29) is 17.8 Å². The van der Waals surface area contributed by atoms with E-state index in [0.717, 1.165) is 6.08 Å². The first-order valence-corrected chi connectivity index (χ1v) is 5.64. The Balaban J connectivity index is 3.50. The summed E-state index contributed by atoms with van der Waals surface area (Å²) in [6.45, 7) is 3.12. The second kappa shape index (κ2) is 5.36. The molecule has 7 heteroatoms. The van der Waals surface area contributed by atoms with Crippen molar-refractivity contribution in [2.24, 2.45) is 11.7 Å². The lowest BCUT2D eigenvalue weighted by Crippen LogP contribution is -2.65. The summed E-state index contributed by atoms with van der Waals surface area (Å²) in [5.74, 6) is -2.26. The van der Waals surface area contributed by atoms with Crippen molar-refractivity contribution in [3.8, 4) is 0 Å².